The molecule has 0 atom stereocenters. The maximum Gasteiger partial charge on any atom is 0.246 e. The van der Waals surface area contributed by atoms with E-state index in [0.717, 1.165) is 39.1 Å². The van der Waals surface area contributed by atoms with E-state index in [0.29, 0.717) is 22.0 Å². The molecule has 0 unspecified atom stereocenters. The lowest BCUT2D eigenvalue weighted by molar-refractivity contribution is -0.122. The molecule has 0 saturated heterocycles. The first-order valence-corrected chi connectivity index (χ1v) is 15.8. The molecule has 0 saturated carbocycles. The van der Waals surface area contributed by atoms with Crippen molar-refractivity contribution in [3.8, 4) is 5.75 Å². The number of carbonyl (C=O) groups is 2. The molecular weight excluding hydrogens is 647 g/mol. The normalized spacial score (nSPS) is 11.3. The van der Waals surface area contributed by atoms with E-state index in [1.54, 1.807) is 43.8 Å². The zero-order valence-corrected chi connectivity index (χ0v) is 28.5. The van der Waals surface area contributed by atoms with Gasteiger partial charge < -0.3 is 19.9 Å². The highest BCUT2D eigenvalue weighted by atomic mass is 35.5. The number of halogens is 2. The second-order valence-corrected chi connectivity index (χ2v) is 11.9. The van der Waals surface area contributed by atoms with Gasteiger partial charge in [0.2, 0.25) is 11.8 Å². The van der Waals surface area contributed by atoms with Crippen LogP contribution >= 0.6 is 23.2 Å². The number of para-hydroxylation sites is 1. The number of aromatic nitrogens is 3. The summed E-state index contributed by atoms with van der Waals surface area (Å²) in [5.41, 5.74) is 6.10. The molecule has 9 nitrogen and oxygen atoms in total. The van der Waals surface area contributed by atoms with Crippen LogP contribution in [0.4, 0.5) is 11.4 Å². The third kappa shape index (κ3) is 8.36. The molecule has 5 rings (SSSR count). The van der Waals surface area contributed by atoms with Crippen LogP contribution in [0, 0.1) is 6.92 Å². The molecule has 0 bridgehead atoms. The van der Waals surface area contributed by atoms with Gasteiger partial charge in [-0.2, -0.15) is 0 Å². The van der Waals surface area contributed by atoms with Gasteiger partial charge in [0, 0.05) is 73.2 Å². The van der Waals surface area contributed by atoms with Crippen LogP contribution < -0.4 is 19.9 Å². The van der Waals surface area contributed by atoms with Crippen LogP contribution in [0.25, 0.3) is 29.1 Å². The van der Waals surface area contributed by atoms with Crippen molar-refractivity contribution in [1.29, 1.82) is 0 Å². The Kier molecular flexibility index (Phi) is 11.1. The monoisotopic (exact) mass is 680 g/mol. The van der Waals surface area contributed by atoms with Crippen LogP contribution in [0.2, 0.25) is 10.0 Å². The lowest BCUT2D eigenvalue weighted by Crippen LogP contribution is -2.37. The standard InChI is InChI=1S/C37H34Cl2N6O3/c1-24-20-32(44(2)3)28-6-5-7-33(37(28)43-24)48-23-29-30(38)13-14-31(36(29)39)45(4)35(47)22-42-34(46)15-10-26-9-12-27(41-21-26)11-8-25-16-18-40-19-17-25/h5-21H,22-23H2,1-4H3,(H,42,46). The SMILES string of the molecule is Cc1cc(N(C)C)c2cccc(OCc3c(Cl)ccc(N(C)C(=O)CNC(=O)C=Cc4ccc(C=Cc5ccncc5)nc4)c3Cl)c2n1. The van der Waals surface area contributed by atoms with Gasteiger partial charge >= 0.3 is 0 Å². The Labute approximate surface area is 289 Å². The first-order valence-electron chi connectivity index (χ1n) is 15.0. The maximum atomic E-state index is 13.0. The summed E-state index contributed by atoms with van der Waals surface area (Å²) >= 11 is 13.3. The molecule has 0 aliphatic rings. The van der Waals surface area contributed by atoms with E-state index in [-0.39, 0.29) is 24.1 Å². The first-order chi connectivity index (χ1) is 23.1. The number of hydrogen-bond acceptors (Lipinski definition) is 7. The molecule has 0 radical (unpaired) electrons. The lowest BCUT2D eigenvalue weighted by atomic mass is 10.1. The van der Waals surface area contributed by atoms with Crippen molar-refractivity contribution >= 4 is 75.5 Å². The average Bonchev–Trinajstić information content (AvgIpc) is 3.09. The summed E-state index contributed by atoms with van der Waals surface area (Å²) < 4.78 is 6.20. The highest BCUT2D eigenvalue weighted by Gasteiger charge is 2.20. The van der Waals surface area contributed by atoms with Crippen molar-refractivity contribution in [1.82, 2.24) is 20.3 Å². The predicted octanol–water partition coefficient (Wildman–Crippen LogP) is 7.25. The second kappa shape index (κ2) is 15.6. The zero-order chi connectivity index (χ0) is 34.2. The minimum absolute atomic E-state index is 0.0535. The molecule has 0 spiro atoms. The van der Waals surface area contributed by atoms with Crippen LogP contribution in [0.1, 0.15) is 28.1 Å². The zero-order valence-electron chi connectivity index (χ0n) is 26.9. The molecule has 3 aromatic heterocycles. The van der Waals surface area contributed by atoms with E-state index in [1.807, 2.05) is 86.6 Å². The molecule has 3 heterocycles. The molecule has 48 heavy (non-hydrogen) atoms. The number of aryl methyl sites for hydroxylation is 1. The number of pyridine rings is 3. The van der Waals surface area contributed by atoms with Crippen molar-refractivity contribution in [3.63, 3.8) is 0 Å². The Bertz CT molecular complexity index is 2000. The van der Waals surface area contributed by atoms with Crippen molar-refractivity contribution in [2.45, 2.75) is 13.5 Å². The summed E-state index contributed by atoms with van der Waals surface area (Å²) in [6, 6.07) is 18.6. The number of amides is 2. The van der Waals surface area contributed by atoms with Crippen molar-refractivity contribution in [3.05, 3.63) is 123 Å². The molecule has 5 aromatic rings. The highest BCUT2D eigenvalue weighted by molar-refractivity contribution is 6.38. The van der Waals surface area contributed by atoms with Crippen LogP contribution in [0.3, 0.4) is 0 Å². The van der Waals surface area contributed by atoms with E-state index < -0.39 is 5.91 Å². The van der Waals surface area contributed by atoms with Gasteiger partial charge in [-0.15, -0.1) is 0 Å². The average molecular weight is 682 g/mol. The Balaban J connectivity index is 1.19. The van der Waals surface area contributed by atoms with Crippen LogP contribution in [0.15, 0.2) is 85.3 Å². The molecule has 0 aliphatic carbocycles. The van der Waals surface area contributed by atoms with Gasteiger partial charge in [-0.25, -0.2) is 4.98 Å². The largest absolute Gasteiger partial charge is 0.487 e. The van der Waals surface area contributed by atoms with E-state index in [4.69, 9.17) is 32.9 Å². The van der Waals surface area contributed by atoms with Gasteiger partial charge in [0.25, 0.3) is 0 Å². The Morgan fingerprint density at radius 3 is 2.44 bits per heavy atom. The number of benzene rings is 2. The third-order valence-corrected chi connectivity index (χ3v) is 8.24. The number of nitrogens with zero attached hydrogens (tertiary/aromatic N) is 5. The smallest absolute Gasteiger partial charge is 0.246 e. The number of hydrogen-bond donors (Lipinski definition) is 1. The van der Waals surface area contributed by atoms with E-state index in [9.17, 15) is 9.59 Å². The van der Waals surface area contributed by atoms with E-state index >= 15 is 0 Å². The summed E-state index contributed by atoms with van der Waals surface area (Å²) in [7, 11) is 5.55. The summed E-state index contributed by atoms with van der Waals surface area (Å²) in [4.78, 5) is 42.1. The summed E-state index contributed by atoms with van der Waals surface area (Å²) in [6.45, 7) is 1.75. The molecule has 11 heteroatoms. The van der Waals surface area contributed by atoms with E-state index in [2.05, 4.69) is 15.3 Å². The molecule has 2 amide bonds. The molecular formula is C37H34Cl2N6O3. The second-order valence-electron chi connectivity index (χ2n) is 11.1. The molecule has 0 aliphatic heterocycles. The summed E-state index contributed by atoms with van der Waals surface area (Å²) in [5.74, 6) is -0.211. The van der Waals surface area contributed by atoms with Crippen LogP contribution in [0.5, 0.6) is 5.75 Å². The molecule has 1 N–H and O–H groups in total. The maximum absolute atomic E-state index is 13.0. The van der Waals surface area contributed by atoms with Gasteiger partial charge in [0.1, 0.15) is 17.9 Å². The van der Waals surface area contributed by atoms with Gasteiger partial charge in [-0.1, -0.05) is 47.5 Å². The van der Waals surface area contributed by atoms with Crippen molar-refractivity contribution < 1.29 is 14.3 Å². The number of carbonyl (C=O) groups excluding carboxylic acids is 2. The number of anilines is 2. The fourth-order valence-corrected chi connectivity index (χ4v) is 5.46. The number of likely N-dealkylation sites (N-methyl/N-ethyl adjacent to an activating group) is 1. The van der Waals surface area contributed by atoms with Gasteiger partial charge in [0.15, 0.2) is 0 Å². The summed E-state index contributed by atoms with van der Waals surface area (Å²) in [6.07, 6.45) is 11.9. The van der Waals surface area contributed by atoms with Crippen molar-refractivity contribution in [2.24, 2.45) is 0 Å². The fourth-order valence-electron chi connectivity index (χ4n) is 4.86. The number of ether oxygens (including phenoxy) is 1. The predicted molar refractivity (Wildman–Crippen MR) is 194 cm³/mol. The first kappa shape index (κ1) is 34.1. The van der Waals surface area contributed by atoms with Gasteiger partial charge in [-0.3, -0.25) is 19.6 Å². The molecule has 244 valence electrons. The van der Waals surface area contributed by atoms with Gasteiger partial charge in [0.05, 0.1) is 22.9 Å². The Morgan fingerprint density at radius 1 is 0.917 bits per heavy atom. The van der Waals surface area contributed by atoms with Crippen LogP contribution in [-0.4, -0.2) is 54.5 Å². The highest BCUT2D eigenvalue weighted by Crippen LogP contribution is 2.36. The molecule has 0 fully saturated rings. The van der Waals surface area contributed by atoms with Gasteiger partial charge in [-0.05, 0) is 72.7 Å². The Morgan fingerprint density at radius 2 is 1.71 bits per heavy atom. The van der Waals surface area contributed by atoms with Crippen molar-refractivity contribution in [2.75, 3.05) is 37.5 Å². The van der Waals surface area contributed by atoms with E-state index in [1.165, 1.54) is 11.0 Å². The minimum atomic E-state index is -0.425. The number of nitrogens with one attached hydrogen (secondary N) is 1. The number of fused-ring (bicyclic) bond motifs is 1. The summed E-state index contributed by atoms with van der Waals surface area (Å²) in [5, 5.41) is 4.25. The molecule has 2 aromatic carbocycles. The fraction of sp³-hybridized carbons (Fsp3) is 0.162. The lowest BCUT2D eigenvalue weighted by Gasteiger charge is -2.21. The quantitative estimate of drug-likeness (QED) is 0.147. The van der Waals surface area contributed by atoms with Crippen LogP contribution in [-0.2, 0) is 16.2 Å². The third-order valence-electron chi connectivity index (χ3n) is 7.47. The minimum Gasteiger partial charge on any atom is -0.487 e. The topological polar surface area (TPSA) is 101 Å². The Hall–Kier alpha value is -5.25. The number of rotatable bonds is 11.